The average molecular weight is 271 g/mol. The van der Waals surface area contributed by atoms with Gasteiger partial charge in [0.25, 0.3) is 0 Å². The molecule has 0 aliphatic heterocycles. The van der Waals surface area contributed by atoms with Gasteiger partial charge in [0.15, 0.2) is 5.78 Å². The Morgan fingerprint density at radius 1 is 1.15 bits per heavy atom. The molecule has 0 aliphatic carbocycles. The molecule has 4 heteroatoms. The highest BCUT2D eigenvalue weighted by molar-refractivity contribution is 6.08. The van der Waals surface area contributed by atoms with Gasteiger partial charge < -0.3 is 5.11 Å². The number of Topliss-reactive ketones (excluding diaryl/α,β-unsaturated/α-hetero) is 1. The first-order valence-corrected chi connectivity index (χ1v) is 6.68. The summed E-state index contributed by atoms with van der Waals surface area (Å²) in [7, 11) is 0. The Bertz CT molecular complexity index is 644. The van der Waals surface area contributed by atoms with E-state index in [1.165, 1.54) is 0 Å². The number of fused-ring (bicyclic) bond motifs is 1. The molecule has 1 heterocycles. The van der Waals surface area contributed by atoms with Gasteiger partial charge in [-0.1, -0.05) is 18.2 Å². The molecule has 0 bridgehead atoms. The first-order valence-electron chi connectivity index (χ1n) is 6.68. The number of benzene rings is 1. The third-order valence-corrected chi connectivity index (χ3v) is 3.34. The number of aryl methyl sites for hydroxylation is 1. The predicted octanol–water partition coefficient (Wildman–Crippen LogP) is 3.37. The van der Waals surface area contributed by atoms with Crippen molar-refractivity contribution in [2.75, 3.05) is 0 Å². The summed E-state index contributed by atoms with van der Waals surface area (Å²) >= 11 is 0. The molecule has 2 rings (SSSR count). The number of pyridine rings is 1. The molecule has 0 radical (unpaired) electrons. The van der Waals surface area contributed by atoms with Gasteiger partial charge in [-0.2, -0.15) is 0 Å². The van der Waals surface area contributed by atoms with Crippen molar-refractivity contribution in [1.29, 1.82) is 0 Å². The summed E-state index contributed by atoms with van der Waals surface area (Å²) in [5.41, 5.74) is 1.69. The molecule has 1 N–H and O–H groups in total. The molecule has 0 fully saturated rings. The van der Waals surface area contributed by atoms with Crippen LogP contribution in [-0.2, 0) is 4.79 Å². The van der Waals surface area contributed by atoms with Crippen LogP contribution in [0.15, 0.2) is 30.6 Å². The van der Waals surface area contributed by atoms with Crippen LogP contribution in [0.4, 0.5) is 0 Å². The van der Waals surface area contributed by atoms with Crippen LogP contribution in [0.3, 0.4) is 0 Å². The van der Waals surface area contributed by atoms with Crippen molar-refractivity contribution >= 4 is 22.5 Å². The van der Waals surface area contributed by atoms with Gasteiger partial charge in [-0.05, 0) is 30.7 Å². The summed E-state index contributed by atoms with van der Waals surface area (Å²) in [4.78, 5) is 26.8. The maximum absolute atomic E-state index is 12.3. The number of carbonyl (C=O) groups excluding carboxylic acids is 1. The third-order valence-electron chi connectivity index (χ3n) is 3.34. The summed E-state index contributed by atoms with van der Waals surface area (Å²) in [5.74, 6) is -0.789. The number of hydrogen-bond acceptors (Lipinski definition) is 3. The number of carboxylic acid groups (broad SMARTS) is 1. The Labute approximate surface area is 117 Å². The summed E-state index contributed by atoms with van der Waals surface area (Å²) in [6.45, 7) is 1.98. The minimum Gasteiger partial charge on any atom is -0.481 e. The van der Waals surface area contributed by atoms with Crippen LogP contribution in [0.1, 0.15) is 41.6 Å². The van der Waals surface area contributed by atoms with Gasteiger partial charge in [-0.25, -0.2) is 0 Å². The topological polar surface area (TPSA) is 67.3 Å². The minimum atomic E-state index is -0.819. The Morgan fingerprint density at radius 3 is 2.65 bits per heavy atom. The number of ketones is 1. The fourth-order valence-corrected chi connectivity index (χ4v) is 2.33. The van der Waals surface area contributed by atoms with Crippen molar-refractivity contribution in [1.82, 2.24) is 4.98 Å². The highest BCUT2D eigenvalue weighted by atomic mass is 16.4. The van der Waals surface area contributed by atoms with E-state index in [-0.39, 0.29) is 12.2 Å². The number of carbonyl (C=O) groups is 2. The van der Waals surface area contributed by atoms with Crippen molar-refractivity contribution in [2.45, 2.75) is 32.6 Å². The fourth-order valence-electron chi connectivity index (χ4n) is 2.33. The van der Waals surface area contributed by atoms with Gasteiger partial charge in [0, 0.05) is 36.2 Å². The van der Waals surface area contributed by atoms with E-state index < -0.39 is 5.97 Å². The van der Waals surface area contributed by atoms with E-state index in [4.69, 9.17) is 5.11 Å². The van der Waals surface area contributed by atoms with E-state index in [0.29, 0.717) is 24.8 Å². The second-order valence-electron chi connectivity index (χ2n) is 4.88. The van der Waals surface area contributed by atoms with Gasteiger partial charge in [0.2, 0.25) is 0 Å². The van der Waals surface area contributed by atoms with Gasteiger partial charge in [-0.15, -0.1) is 0 Å². The zero-order valence-electron chi connectivity index (χ0n) is 11.4. The SMILES string of the molecule is Cc1cccc2cncc(C(=O)CCCCC(=O)O)c12. The molecule has 0 amide bonds. The van der Waals surface area contributed by atoms with Crippen LogP contribution in [0.5, 0.6) is 0 Å². The monoisotopic (exact) mass is 271 g/mol. The van der Waals surface area contributed by atoms with Crippen LogP contribution >= 0.6 is 0 Å². The van der Waals surface area contributed by atoms with Gasteiger partial charge in [-0.3, -0.25) is 14.6 Å². The zero-order chi connectivity index (χ0) is 14.5. The van der Waals surface area contributed by atoms with E-state index >= 15 is 0 Å². The molecular weight excluding hydrogens is 254 g/mol. The van der Waals surface area contributed by atoms with Crippen LogP contribution in [-0.4, -0.2) is 21.8 Å². The van der Waals surface area contributed by atoms with E-state index in [1.54, 1.807) is 12.4 Å². The number of aliphatic carboxylic acids is 1. The van der Waals surface area contributed by atoms with Crippen molar-refractivity contribution in [3.63, 3.8) is 0 Å². The van der Waals surface area contributed by atoms with Crippen molar-refractivity contribution < 1.29 is 14.7 Å². The van der Waals surface area contributed by atoms with Gasteiger partial charge in [0.05, 0.1) is 0 Å². The summed E-state index contributed by atoms with van der Waals surface area (Å²) in [6.07, 6.45) is 4.95. The Morgan fingerprint density at radius 2 is 1.90 bits per heavy atom. The molecule has 104 valence electrons. The van der Waals surface area contributed by atoms with Crippen molar-refractivity contribution in [3.05, 3.63) is 41.7 Å². The second-order valence-corrected chi connectivity index (χ2v) is 4.88. The lowest BCUT2D eigenvalue weighted by Gasteiger charge is -2.07. The quantitative estimate of drug-likeness (QED) is 0.646. The largest absolute Gasteiger partial charge is 0.481 e. The smallest absolute Gasteiger partial charge is 0.303 e. The van der Waals surface area contributed by atoms with E-state index in [9.17, 15) is 9.59 Å². The van der Waals surface area contributed by atoms with Crippen LogP contribution in [0.2, 0.25) is 0 Å². The molecule has 0 atom stereocenters. The standard InChI is InChI=1S/C16H17NO3/c1-11-5-4-6-12-9-17-10-13(16(11)12)14(18)7-2-3-8-15(19)20/h4-6,9-10H,2-3,7-8H2,1H3,(H,19,20). The Hall–Kier alpha value is -2.23. The van der Waals surface area contributed by atoms with Crippen LogP contribution in [0, 0.1) is 6.92 Å². The lowest BCUT2D eigenvalue weighted by Crippen LogP contribution is -2.03. The molecule has 1 aromatic carbocycles. The number of rotatable bonds is 6. The third kappa shape index (κ3) is 3.20. The summed E-state index contributed by atoms with van der Waals surface area (Å²) < 4.78 is 0. The van der Waals surface area contributed by atoms with Gasteiger partial charge >= 0.3 is 5.97 Å². The molecule has 4 nitrogen and oxygen atoms in total. The molecule has 0 saturated heterocycles. The number of carboxylic acids is 1. The number of unbranched alkanes of at least 4 members (excludes halogenated alkanes) is 1. The number of hydrogen-bond donors (Lipinski definition) is 1. The molecule has 0 saturated carbocycles. The van der Waals surface area contributed by atoms with Crippen LogP contribution < -0.4 is 0 Å². The number of aromatic nitrogens is 1. The van der Waals surface area contributed by atoms with Crippen molar-refractivity contribution in [2.24, 2.45) is 0 Å². The van der Waals surface area contributed by atoms with Crippen LogP contribution in [0.25, 0.3) is 10.8 Å². The Kier molecular flexibility index (Phi) is 4.45. The van der Waals surface area contributed by atoms with Gasteiger partial charge in [0.1, 0.15) is 0 Å². The molecule has 0 spiro atoms. The highest BCUT2D eigenvalue weighted by Gasteiger charge is 2.12. The average Bonchev–Trinajstić information content (AvgIpc) is 2.43. The normalized spacial score (nSPS) is 10.7. The number of nitrogens with zero attached hydrogens (tertiary/aromatic N) is 1. The Balaban J connectivity index is 2.16. The molecule has 2 aromatic rings. The highest BCUT2D eigenvalue weighted by Crippen LogP contribution is 2.23. The molecule has 1 aromatic heterocycles. The molecule has 20 heavy (non-hydrogen) atoms. The zero-order valence-corrected chi connectivity index (χ0v) is 11.4. The lowest BCUT2D eigenvalue weighted by atomic mass is 9.97. The van der Waals surface area contributed by atoms with E-state index in [2.05, 4.69) is 4.98 Å². The minimum absolute atomic E-state index is 0.0304. The molecule has 0 unspecified atom stereocenters. The van der Waals surface area contributed by atoms with E-state index in [1.807, 2.05) is 25.1 Å². The first kappa shape index (κ1) is 14.2. The summed E-state index contributed by atoms with van der Waals surface area (Å²) in [6, 6.07) is 5.86. The van der Waals surface area contributed by atoms with E-state index in [0.717, 1.165) is 16.3 Å². The lowest BCUT2D eigenvalue weighted by molar-refractivity contribution is -0.137. The van der Waals surface area contributed by atoms with Crippen molar-refractivity contribution in [3.8, 4) is 0 Å². The fraction of sp³-hybridized carbons (Fsp3) is 0.312. The maximum atomic E-state index is 12.3. The predicted molar refractivity (Wildman–Crippen MR) is 76.9 cm³/mol. The second kappa shape index (κ2) is 6.28. The maximum Gasteiger partial charge on any atom is 0.303 e. The first-order chi connectivity index (χ1) is 9.59. The summed E-state index contributed by atoms with van der Waals surface area (Å²) in [5, 5.41) is 10.5. The molecule has 0 aliphatic rings. The molecular formula is C16H17NO3.